The number of rotatable bonds is 3. The van der Waals surface area contributed by atoms with Crippen molar-refractivity contribution in [3.8, 4) is 11.4 Å². The third-order valence-corrected chi connectivity index (χ3v) is 4.59. The van der Waals surface area contributed by atoms with E-state index < -0.39 is 0 Å². The van der Waals surface area contributed by atoms with Gasteiger partial charge in [0.15, 0.2) is 5.82 Å². The van der Waals surface area contributed by atoms with Crippen molar-refractivity contribution in [3.05, 3.63) is 54.2 Å². The number of aromatic nitrogens is 5. The number of hydrogen-bond acceptors (Lipinski definition) is 5. The van der Waals surface area contributed by atoms with Gasteiger partial charge in [-0.1, -0.05) is 0 Å². The second kappa shape index (κ2) is 6.63. The summed E-state index contributed by atoms with van der Waals surface area (Å²) < 4.78 is 2.09. The largest absolute Gasteiger partial charge is 0.354 e. The van der Waals surface area contributed by atoms with Crippen molar-refractivity contribution >= 4 is 5.82 Å². The molecule has 3 aromatic heterocycles. The van der Waals surface area contributed by atoms with Crippen molar-refractivity contribution in [3.63, 3.8) is 0 Å². The van der Waals surface area contributed by atoms with E-state index in [0.717, 1.165) is 48.8 Å². The zero-order valence-corrected chi connectivity index (χ0v) is 14.6. The van der Waals surface area contributed by atoms with Crippen LogP contribution in [0.15, 0.2) is 43.0 Å². The maximum Gasteiger partial charge on any atom is 0.163 e. The monoisotopic (exact) mass is 334 g/mol. The molecule has 0 radical (unpaired) electrons. The summed E-state index contributed by atoms with van der Waals surface area (Å²) in [5, 5.41) is 4.50. The summed E-state index contributed by atoms with van der Waals surface area (Å²) >= 11 is 0. The molecule has 1 aliphatic heterocycles. The molecular weight excluding hydrogens is 312 g/mol. The molecule has 1 saturated heterocycles. The van der Waals surface area contributed by atoms with Crippen molar-refractivity contribution < 1.29 is 0 Å². The Labute approximate surface area is 147 Å². The molecule has 1 atom stereocenters. The summed E-state index contributed by atoms with van der Waals surface area (Å²) in [6.45, 7) is 6.03. The lowest BCUT2D eigenvalue weighted by atomic mass is 10.1. The minimum absolute atomic E-state index is 0.388. The first kappa shape index (κ1) is 15.7. The second-order valence-electron chi connectivity index (χ2n) is 6.67. The maximum atomic E-state index is 4.81. The number of piperidine rings is 1. The van der Waals surface area contributed by atoms with Gasteiger partial charge in [-0.05, 0) is 44.4 Å². The molecule has 4 rings (SSSR count). The van der Waals surface area contributed by atoms with E-state index in [9.17, 15) is 0 Å². The van der Waals surface area contributed by atoms with E-state index in [1.54, 1.807) is 6.20 Å². The number of hydrogen-bond donors (Lipinski definition) is 0. The van der Waals surface area contributed by atoms with Crippen LogP contribution in [0.1, 0.15) is 30.1 Å². The van der Waals surface area contributed by atoms with E-state index in [-0.39, 0.29) is 0 Å². The Bertz CT molecular complexity index is 857. The highest BCUT2D eigenvalue weighted by Crippen LogP contribution is 2.26. The second-order valence-corrected chi connectivity index (χ2v) is 6.67. The van der Waals surface area contributed by atoms with Gasteiger partial charge in [0.25, 0.3) is 0 Å². The molecule has 3 aromatic rings. The molecule has 0 unspecified atom stereocenters. The Hall–Kier alpha value is -2.76. The first-order valence-electron chi connectivity index (χ1n) is 8.71. The van der Waals surface area contributed by atoms with Gasteiger partial charge in [-0.25, -0.2) is 9.97 Å². The standard InChI is InChI=1S/C19H22N6/c1-14-10-21-25(12-14)17-6-4-8-24(13-17)18-9-15(2)22-19(23-18)16-5-3-7-20-11-16/h3,5,7,9-12,17H,4,6,8,13H2,1-2H3/t17-/m1/s1. The van der Waals surface area contributed by atoms with Crippen LogP contribution in [0.5, 0.6) is 0 Å². The average Bonchev–Trinajstić information content (AvgIpc) is 3.08. The summed E-state index contributed by atoms with van der Waals surface area (Å²) in [6, 6.07) is 6.37. The van der Waals surface area contributed by atoms with E-state index in [4.69, 9.17) is 4.98 Å². The van der Waals surface area contributed by atoms with Crippen LogP contribution < -0.4 is 4.90 Å². The number of nitrogens with zero attached hydrogens (tertiary/aromatic N) is 6. The molecule has 0 aromatic carbocycles. The van der Waals surface area contributed by atoms with Crippen molar-refractivity contribution in [2.24, 2.45) is 0 Å². The molecule has 128 valence electrons. The molecule has 0 saturated carbocycles. The lowest BCUT2D eigenvalue weighted by molar-refractivity contribution is 0.374. The van der Waals surface area contributed by atoms with Gasteiger partial charge in [0.2, 0.25) is 0 Å². The zero-order valence-electron chi connectivity index (χ0n) is 14.6. The lowest BCUT2D eigenvalue weighted by Gasteiger charge is -2.34. The molecule has 1 fully saturated rings. The topological polar surface area (TPSA) is 59.7 Å². The number of anilines is 1. The summed E-state index contributed by atoms with van der Waals surface area (Å²) in [4.78, 5) is 15.9. The molecule has 25 heavy (non-hydrogen) atoms. The first-order chi connectivity index (χ1) is 12.2. The Kier molecular flexibility index (Phi) is 4.17. The van der Waals surface area contributed by atoms with Crippen LogP contribution in [-0.4, -0.2) is 37.8 Å². The van der Waals surface area contributed by atoms with Crippen LogP contribution in [0.4, 0.5) is 5.82 Å². The first-order valence-corrected chi connectivity index (χ1v) is 8.71. The van der Waals surface area contributed by atoms with E-state index >= 15 is 0 Å². The Morgan fingerprint density at radius 1 is 1.16 bits per heavy atom. The van der Waals surface area contributed by atoms with Crippen LogP contribution in [0.25, 0.3) is 11.4 Å². The Morgan fingerprint density at radius 2 is 2.08 bits per heavy atom. The fourth-order valence-electron chi connectivity index (χ4n) is 3.35. The molecular formula is C19H22N6. The summed E-state index contributed by atoms with van der Waals surface area (Å²) in [6.07, 6.45) is 9.91. The third-order valence-electron chi connectivity index (χ3n) is 4.59. The molecule has 6 heteroatoms. The van der Waals surface area contributed by atoms with E-state index in [1.807, 2.05) is 31.5 Å². The summed E-state index contributed by atoms with van der Waals surface area (Å²) in [7, 11) is 0. The predicted molar refractivity (Wildman–Crippen MR) is 97.4 cm³/mol. The number of pyridine rings is 1. The van der Waals surface area contributed by atoms with Gasteiger partial charge in [-0.3, -0.25) is 9.67 Å². The number of aryl methyl sites for hydroxylation is 2. The van der Waals surface area contributed by atoms with Gasteiger partial charge >= 0.3 is 0 Å². The minimum Gasteiger partial charge on any atom is -0.354 e. The Balaban J connectivity index is 1.61. The molecule has 0 aliphatic carbocycles. The smallest absolute Gasteiger partial charge is 0.163 e. The van der Waals surface area contributed by atoms with Gasteiger partial charge < -0.3 is 4.90 Å². The maximum absolute atomic E-state index is 4.81. The summed E-state index contributed by atoms with van der Waals surface area (Å²) in [5.74, 6) is 1.72. The van der Waals surface area contributed by atoms with Gasteiger partial charge in [0, 0.05) is 49.0 Å². The van der Waals surface area contributed by atoms with E-state index in [1.165, 1.54) is 5.56 Å². The highest BCUT2D eigenvalue weighted by molar-refractivity contribution is 5.56. The Morgan fingerprint density at radius 3 is 2.84 bits per heavy atom. The van der Waals surface area contributed by atoms with Crippen LogP contribution in [0.2, 0.25) is 0 Å². The van der Waals surface area contributed by atoms with Gasteiger partial charge in [0.05, 0.1) is 12.2 Å². The van der Waals surface area contributed by atoms with Gasteiger partial charge in [0.1, 0.15) is 5.82 Å². The van der Waals surface area contributed by atoms with Crippen LogP contribution in [0, 0.1) is 13.8 Å². The quantitative estimate of drug-likeness (QED) is 0.736. The lowest BCUT2D eigenvalue weighted by Crippen LogP contribution is -2.37. The minimum atomic E-state index is 0.388. The van der Waals surface area contributed by atoms with Crippen LogP contribution >= 0.6 is 0 Å². The van der Waals surface area contributed by atoms with Crippen LogP contribution in [0.3, 0.4) is 0 Å². The normalized spacial score (nSPS) is 17.7. The zero-order chi connectivity index (χ0) is 17.2. The summed E-state index contributed by atoms with van der Waals surface area (Å²) in [5.41, 5.74) is 3.12. The van der Waals surface area contributed by atoms with Gasteiger partial charge in [-0.15, -0.1) is 0 Å². The fourth-order valence-corrected chi connectivity index (χ4v) is 3.35. The molecule has 0 spiro atoms. The van der Waals surface area contributed by atoms with Crippen molar-refractivity contribution in [2.75, 3.05) is 18.0 Å². The predicted octanol–water partition coefficient (Wildman–Crippen LogP) is 3.19. The third kappa shape index (κ3) is 3.38. The van der Waals surface area contributed by atoms with E-state index in [0.29, 0.717) is 6.04 Å². The SMILES string of the molecule is Cc1cnn([C@@H]2CCCN(c3cc(C)nc(-c4cccnc4)n3)C2)c1. The molecule has 0 amide bonds. The van der Waals surface area contributed by atoms with E-state index in [2.05, 4.69) is 43.8 Å². The van der Waals surface area contributed by atoms with Crippen molar-refractivity contribution in [1.29, 1.82) is 0 Å². The highest BCUT2D eigenvalue weighted by atomic mass is 15.3. The van der Waals surface area contributed by atoms with Gasteiger partial charge in [-0.2, -0.15) is 5.10 Å². The highest BCUT2D eigenvalue weighted by Gasteiger charge is 2.23. The molecule has 1 aliphatic rings. The van der Waals surface area contributed by atoms with Crippen molar-refractivity contribution in [1.82, 2.24) is 24.7 Å². The molecule has 0 bridgehead atoms. The van der Waals surface area contributed by atoms with Crippen molar-refractivity contribution in [2.45, 2.75) is 32.7 Å². The molecule has 0 N–H and O–H groups in total. The fraction of sp³-hybridized carbons (Fsp3) is 0.368. The average molecular weight is 334 g/mol. The molecule has 4 heterocycles. The molecule has 6 nitrogen and oxygen atoms in total. The van der Waals surface area contributed by atoms with Crippen LogP contribution in [-0.2, 0) is 0 Å².